The fourth-order valence-corrected chi connectivity index (χ4v) is 1.60. The first kappa shape index (κ1) is 12.8. The molecule has 1 heterocycles. The van der Waals surface area contributed by atoms with Crippen LogP contribution < -0.4 is 5.63 Å². The monoisotopic (exact) mass is 262 g/mol. The van der Waals surface area contributed by atoms with Gasteiger partial charge in [0.2, 0.25) is 0 Å². The fourth-order valence-electron chi connectivity index (χ4n) is 1.60. The van der Waals surface area contributed by atoms with Gasteiger partial charge < -0.3 is 14.3 Å². The van der Waals surface area contributed by atoms with Gasteiger partial charge in [-0.25, -0.2) is 4.79 Å². The first-order chi connectivity index (χ1) is 9.01. The summed E-state index contributed by atoms with van der Waals surface area (Å²) in [6.45, 7) is 0. The summed E-state index contributed by atoms with van der Waals surface area (Å²) in [5.41, 5.74) is -0.826. The molecule has 6 heteroatoms. The van der Waals surface area contributed by atoms with Gasteiger partial charge in [-0.2, -0.15) is 0 Å². The van der Waals surface area contributed by atoms with Gasteiger partial charge in [-0.15, -0.1) is 0 Å². The van der Waals surface area contributed by atoms with Gasteiger partial charge in [-0.3, -0.25) is 9.59 Å². The molecule has 6 nitrogen and oxygen atoms in total. The van der Waals surface area contributed by atoms with Crippen LogP contribution in [0.2, 0.25) is 0 Å². The summed E-state index contributed by atoms with van der Waals surface area (Å²) in [6, 6.07) is 5.42. The quantitative estimate of drug-likeness (QED) is 0.387. The summed E-state index contributed by atoms with van der Waals surface area (Å²) < 4.78 is 9.30. The summed E-state index contributed by atoms with van der Waals surface area (Å²) in [6.07, 6.45) is -0.536. The van der Waals surface area contributed by atoms with Crippen molar-refractivity contribution in [2.45, 2.75) is 6.42 Å². The highest BCUT2D eigenvalue weighted by molar-refractivity contribution is 6.06. The molecule has 0 unspecified atom stereocenters. The molecule has 0 fully saturated rings. The van der Waals surface area contributed by atoms with Crippen LogP contribution in [0.3, 0.4) is 0 Å². The summed E-state index contributed by atoms with van der Waals surface area (Å²) in [7, 11) is 1.15. The molecule has 0 saturated carbocycles. The predicted octanol–water partition coefficient (Wildman–Crippen LogP) is 1.24. The van der Waals surface area contributed by atoms with Crippen LogP contribution in [0.25, 0.3) is 11.0 Å². The van der Waals surface area contributed by atoms with Crippen molar-refractivity contribution in [3.63, 3.8) is 0 Å². The van der Waals surface area contributed by atoms with Gasteiger partial charge in [0.1, 0.15) is 23.3 Å². The summed E-state index contributed by atoms with van der Waals surface area (Å²) in [4.78, 5) is 34.4. The van der Waals surface area contributed by atoms with Crippen LogP contribution in [0.15, 0.2) is 33.5 Å². The number of methoxy groups -OCH3 is 1. The molecule has 0 spiro atoms. The largest absolute Gasteiger partial charge is 0.508 e. The van der Waals surface area contributed by atoms with Crippen molar-refractivity contribution in [3.05, 3.63) is 40.2 Å². The van der Waals surface area contributed by atoms with E-state index in [4.69, 9.17) is 4.42 Å². The zero-order valence-electron chi connectivity index (χ0n) is 10.0. The minimum Gasteiger partial charge on any atom is -0.508 e. The molecular weight excluding hydrogens is 252 g/mol. The standard InChI is InChI=1S/C13H10O6/c1-18-12(16)6-10(15)9-5-7-4-8(14)2-3-11(7)19-13(9)17/h2-5,14H,6H2,1H3. The molecule has 0 atom stereocenters. The van der Waals surface area contributed by atoms with Crippen LogP contribution in [0.5, 0.6) is 5.75 Å². The SMILES string of the molecule is COC(=O)CC(=O)c1cc2cc(O)ccc2oc1=O. The third kappa shape index (κ3) is 2.62. The molecule has 0 radical (unpaired) electrons. The van der Waals surface area contributed by atoms with Crippen molar-refractivity contribution in [1.29, 1.82) is 0 Å². The number of aromatic hydroxyl groups is 1. The highest BCUT2D eigenvalue weighted by Crippen LogP contribution is 2.19. The van der Waals surface area contributed by atoms with Crippen molar-refractivity contribution >= 4 is 22.7 Å². The number of carbonyl (C=O) groups is 2. The average molecular weight is 262 g/mol. The van der Waals surface area contributed by atoms with Gasteiger partial charge in [-0.05, 0) is 24.3 Å². The van der Waals surface area contributed by atoms with Crippen molar-refractivity contribution in [2.75, 3.05) is 7.11 Å². The lowest BCUT2D eigenvalue weighted by molar-refractivity contribution is -0.139. The smallest absolute Gasteiger partial charge is 0.347 e. The maximum atomic E-state index is 11.7. The zero-order valence-corrected chi connectivity index (χ0v) is 10.0. The molecule has 2 rings (SSSR count). The molecule has 19 heavy (non-hydrogen) atoms. The second-order valence-electron chi connectivity index (χ2n) is 3.85. The van der Waals surface area contributed by atoms with E-state index in [-0.39, 0.29) is 16.9 Å². The number of ether oxygens (including phenoxy) is 1. The molecule has 98 valence electrons. The van der Waals surface area contributed by atoms with E-state index in [9.17, 15) is 19.5 Å². The van der Waals surface area contributed by atoms with Gasteiger partial charge >= 0.3 is 11.6 Å². The predicted molar refractivity (Wildman–Crippen MR) is 65.1 cm³/mol. The van der Waals surface area contributed by atoms with Crippen LogP contribution in [-0.2, 0) is 9.53 Å². The molecule has 0 amide bonds. The van der Waals surface area contributed by atoms with Gasteiger partial charge in [0.25, 0.3) is 0 Å². The third-order valence-electron chi connectivity index (χ3n) is 2.55. The molecule has 0 aliphatic heterocycles. The van der Waals surface area contributed by atoms with E-state index in [1.807, 2.05) is 0 Å². The molecule has 0 saturated heterocycles. The minimum atomic E-state index is -0.827. The van der Waals surface area contributed by atoms with Crippen molar-refractivity contribution < 1.29 is 23.8 Å². The Morgan fingerprint density at radius 3 is 2.74 bits per heavy atom. The Hall–Kier alpha value is -2.63. The first-order valence-corrected chi connectivity index (χ1v) is 5.38. The normalized spacial score (nSPS) is 10.4. The van der Waals surface area contributed by atoms with E-state index in [1.54, 1.807) is 0 Å². The summed E-state index contributed by atoms with van der Waals surface area (Å²) in [5, 5.41) is 9.73. The topological polar surface area (TPSA) is 93.8 Å². The maximum Gasteiger partial charge on any atom is 0.347 e. The number of ketones is 1. The van der Waals surface area contributed by atoms with E-state index in [0.29, 0.717) is 5.39 Å². The molecular formula is C13H10O6. The number of carbonyl (C=O) groups excluding carboxylic acids is 2. The Labute approximate surface area is 107 Å². The van der Waals surface area contributed by atoms with E-state index in [2.05, 4.69) is 4.74 Å². The van der Waals surface area contributed by atoms with Crippen molar-refractivity contribution in [2.24, 2.45) is 0 Å². The number of fused-ring (bicyclic) bond motifs is 1. The molecule has 0 aliphatic carbocycles. The Bertz CT molecular complexity index is 713. The fraction of sp³-hybridized carbons (Fsp3) is 0.154. The van der Waals surface area contributed by atoms with Crippen molar-refractivity contribution in [3.8, 4) is 5.75 Å². The van der Waals surface area contributed by atoms with E-state index in [1.165, 1.54) is 24.3 Å². The second-order valence-corrected chi connectivity index (χ2v) is 3.85. The first-order valence-electron chi connectivity index (χ1n) is 5.38. The van der Waals surface area contributed by atoms with Gasteiger partial charge in [0.05, 0.1) is 7.11 Å². The Balaban J connectivity index is 2.48. The molecule has 1 aromatic carbocycles. The summed E-state index contributed by atoms with van der Waals surface area (Å²) >= 11 is 0. The molecule has 0 bridgehead atoms. The van der Waals surface area contributed by atoms with Crippen LogP contribution >= 0.6 is 0 Å². The highest BCUT2D eigenvalue weighted by Gasteiger charge is 2.17. The maximum absolute atomic E-state index is 11.7. The lowest BCUT2D eigenvalue weighted by atomic mass is 10.1. The molecule has 0 aliphatic rings. The molecule has 2 aromatic rings. The lowest BCUT2D eigenvalue weighted by Crippen LogP contribution is -2.17. The second kappa shape index (κ2) is 4.93. The Morgan fingerprint density at radius 2 is 2.05 bits per heavy atom. The van der Waals surface area contributed by atoms with Gasteiger partial charge in [0, 0.05) is 5.39 Å². The number of hydrogen-bond donors (Lipinski definition) is 1. The lowest BCUT2D eigenvalue weighted by Gasteiger charge is -2.01. The van der Waals surface area contributed by atoms with E-state index < -0.39 is 23.8 Å². The van der Waals surface area contributed by atoms with Crippen LogP contribution in [0.1, 0.15) is 16.8 Å². The van der Waals surface area contributed by atoms with Crippen LogP contribution in [-0.4, -0.2) is 24.0 Å². The van der Waals surface area contributed by atoms with E-state index in [0.717, 1.165) is 7.11 Å². The van der Waals surface area contributed by atoms with Crippen molar-refractivity contribution in [1.82, 2.24) is 0 Å². The van der Waals surface area contributed by atoms with Crippen LogP contribution in [0.4, 0.5) is 0 Å². The number of phenols is 1. The van der Waals surface area contributed by atoms with Crippen LogP contribution in [0, 0.1) is 0 Å². The number of hydrogen-bond acceptors (Lipinski definition) is 6. The number of esters is 1. The Morgan fingerprint density at radius 1 is 1.32 bits per heavy atom. The number of rotatable bonds is 3. The number of Topliss-reactive ketones (excluding diaryl/α,β-unsaturated/α-hetero) is 1. The molecule has 1 N–H and O–H groups in total. The minimum absolute atomic E-state index is 0.0206. The number of benzene rings is 1. The molecule has 1 aromatic heterocycles. The Kier molecular flexibility index (Phi) is 3.33. The average Bonchev–Trinajstić information content (AvgIpc) is 2.38. The third-order valence-corrected chi connectivity index (χ3v) is 2.55. The highest BCUT2D eigenvalue weighted by atomic mass is 16.5. The number of phenolic OH excluding ortho intramolecular Hbond substituents is 1. The van der Waals surface area contributed by atoms with Gasteiger partial charge in [0.15, 0.2) is 5.78 Å². The van der Waals surface area contributed by atoms with Gasteiger partial charge in [-0.1, -0.05) is 0 Å². The zero-order chi connectivity index (χ0) is 14.0. The summed E-state index contributed by atoms with van der Waals surface area (Å²) in [5.74, 6) is -1.45. The van der Waals surface area contributed by atoms with E-state index >= 15 is 0 Å².